The summed E-state index contributed by atoms with van der Waals surface area (Å²) in [6.07, 6.45) is -8.72. The Balaban J connectivity index is 0.000000222. The van der Waals surface area contributed by atoms with Gasteiger partial charge in [0.05, 0.1) is 4.92 Å². The number of ether oxygens (including phenoxy) is 1. The second kappa shape index (κ2) is 10.0. The van der Waals surface area contributed by atoms with Crippen LogP contribution in [0.15, 0.2) is 54.6 Å². The summed E-state index contributed by atoms with van der Waals surface area (Å²) in [4.78, 5) is 32.7. The molecule has 1 aliphatic heterocycles. The number of carbonyl (C=O) groups is 2. The third-order valence-electron chi connectivity index (χ3n) is 4.21. The summed E-state index contributed by atoms with van der Waals surface area (Å²) in [5.74, 6) is -1.85. The molecule has 0 radical (unpaired) electrons. The number of hydrogen-bond donors (Lipinski definition) is 5. The van der Waals surface area contributed by atoms with Gasteiger partial charge < -0.3 is 30.3 Å². The third-order valence-corrected chi connectivity index (χ3v) is 4.21. The van der Waals surface area contributed by atoms with Crippen LogP contribution in [-0.4, -0.2) is 72.9 Å². The maximum absolute atomic E-state index is 12.1. The molecule has 0 amide bonds. The topological polar surface area (TPSA) is 188 Å². The van der Waals surface area contributed by atoms with Crippen LogP contribution < -0.4 is 0 Å². The highest BCUT2D eigenvalue weighted by molar-refractivity contribution is 6.11. The van der Waals surface area contributed by atoms with Crippen molar-refractivity contribution in [1.29, 1.82) is 0 Å². The standard InChI is InChI=1S/C13H9NO3.C6H10O7/c15-13(10-6-2-1-3-7-10)11-8-4-5-9-12(11)14(16)17;7-1-2(8)4(5(10)11)13-6(12)3(1)9/h1-9H;1-4,6-9,12H,(H,10,11)/t;1-,2-,3+,4-,6+/m.0/s1. The molecule has 3 rings (SSSR count). The molecule has 0 aliphatic carbocycles. The molecule has 0 spiro atoms. The molecular formula is C19H19NO10. The molecule has 1 saturated heterocycles. The number of ketones is 1. The number of nitro benzene ring substituents is 1. The van der Waals surface area contributed by atoms with Crippen LogP contribution in [0.5, 0.6) is 0 Å². The number of rotatable bonds is 4. The predicted molar refractivity (Wildman–Crippen MR) is 99.5 cm³/mol. The summed E-state index contributed by atoms with van der Waals surface area (Å²) in [5, 5.41) is 55.2. The fourth-order valence-electron chi connectivity index (χ4n) is 2.64. The monoisotopic (exact) mass is 421 g/mol. The minimum Gasteiger partial charge on any atom is -0.479 e. The number of nitrogens with zero attached hydrogens (tertiary/aromatic N) is 1. The first-order chi connectivity index (χ1) is 14.1. The molecule has 0 bridgehead atoms. The van der Waals surface area contributed by atoms with Crippen LogP contribution in [0.3, 0.4) is 0 Å². The van der Waals surface area contributed by atoms with Gasteiger partial charge in [-0.25, -0.2) is 4.79 Å². The second-order valence-corrected chi connectivity index (χ2v) is 6.23. The Bertz CT molecular complexity index is 903. The number of aliphatic carboxylic acids is 1. The molecule has 2 aromatic rings. The molecule has 0 saturated carbocycles. The van der Waals surface area contributed by atoms with Gasteiger partial charge in [-0.1, -0.05) is 42.5 Å². The van der Waals surface area contributed by atoms with Crippen molar-refractivity contribution in [3.8, 4) is 0 Å². The van der Waals surface area contributed by atoms with Crippen molar-refractivity contribution in [2.45, 2.75) is 30.7 Å². The number of para-hydroxylation sites is 1. The van der Waals surface area contributed by atoms with E-state index < -0.39 is 41.6 Å². The Morgan fingerprint density at radius 2 is 1.43 bits per heavy atom. The molecule has 2 aromatic carbocycles. The van der Waals surface area contributed by atoms with Gasteiger partial charge in [-0.05, 0) is 6.07 Å². The number of hydrogen-bond acceptors (Lipinski definition) is 9. The molecule has 0 aromatic heterocycles. The van der Waals surface area contributed by atoms with E-state index in [9.17, 15) is 19.7 Å². The fraction of sp³-hybridized carbons (Fsp3) is 0.263. The van der Waals surface area contributed by atoms with Gasteiger partial charge in [-0.2, -0.15) is 0 Å². The number of nitro groups is 1. The third kappa shape index (κ3) is 5.23. The van der Waals surface area contributed by atoms with Gasteiger partial charge in [0.15, 0.2) is 18.2 Å². The molecule has 30 heavy (non-hydrogen) atoms. The molecule has 5 atom stereocenters. The Hall–Kier alpha value is -3.22. The molecule has 1 heterocycles. The van der Waals surface area contributed by atoms with Crippen LogP contribution in [0.4, 0.5) is 5.69 Å². The van der Waals surface area contributed by atoms with Crippen LogP contribution in [-0.2, 0) is 9.53 Å². The van der Waals surface area contributed by atoms with Crippen molar-refractivity contribution in [1.82, 2.24) is 0 Å². The minimum absolute atomic E-state index is 0.115. The quantitative estimate of drug-likeness (QED) is 0.249. The first-order valence-electron chi connectivity index (χ1n) is 8.58. The van der Waals surface area contributed by atoms with E-state index in [0.29, 0.717) is 5.56 Å². The highest BCUT2D eigenvalue weighted by Gasteiger charge is 2.46. The van der Waals surface area contributed by atoms with Crippen molar-refractivity contribution < 1.29 is 44.8 Å². The summed E-state index contributed by atoms with van der Waals surface area (Å²) in [6.45, 7) is 0. The number of carboxylic acid groups (broad SMARTS) is 1. The molecule has 5 N–H and O–H groups in total. The highest BCUT2D eigenvalue weighted by Crippen LogP contribution is 2.21. The normalized spacial score (nSPS) is 25.5. The second-order valence-electron chi connectivity index (χ2n) is 6.23. The van der Waals surface area contributed by atoms with Gasteiger partial charge in [-0.15, -0.1) is 0 Å². The highest BCUT2D eigenvalue weighted by atomic mass is 16.6. The first-order valence-corrected chi connectivity index (χ1v) is 8.58. The van der Waals surface area contributed by atoms with Gasteiger partial charge >= 0.3 is 5.97 Å². The lowest BCUT2D eigenvalue weighted by Gasteiger charge is -2.36. The number of carbonyl (C=O) groups excluding carboxylic acids is 1. The maximum atomic E-state index is 12.1. The maximum Gasteiger partial charge on any atom is 0.335 e. The first kappa shape index (κ1) is 23.1. The van der Waals surface area contributed by atoms with E-state index in [1.165, 1.54) is 12.1 Å². The van der Waals surface area contributed by atoms with Crippen molar-refractivity contribution in [2.75, 3.05) is 0 Å². The average molecular weight is 421 g/mol. The van der Waals surface area contributed by atoms with Gasteiger partial charge in [-0.3, -0.25) is 14.9 Å². The predicted octanol–water partition coefficient (Wildman–Crippen LogP) is -0.303. The molecule has 1 fully saturated rings. The van der Waals surface area contributed by atoms with E-state index >= 15 is 0 Å². The summed E-state index contributed by atoms with van der Waals surface area (Å²) in [7, 11) is 0. The van der Waals surface area contributed by atoms with Crippen LogP contribution in [0, 0.1) is 10.1 Å². The lowest BCUT2D eigenvalue weighted by atomic mass is 9.99. The average Bonchev–Trinajstić information content (AvgIpc) is 2.75. The molecular weight excluding hydrogens is 402 g/mol. The van der Waals surface area contributed by atoms with Gasteiger partial charge in [0.25, 0.3) is 5.69 Å². The van der Waals surface area contributed by atoms with E-state index in [-0.39, 0.29) is 17.0 Å². The van der Waals surface area contributed by atoms with Crippen LogP contribution in [0.2, 0.25) is 0 Å². The van der Waals surface area contributed by atoms with Gasteiger partial charge in [0.2, 0.25) is 0 Å². The fourth-order valence-corrected chi connectivity index (χ4v) is 2.64. The summed E-state index contributed by atoms with van der Waals surface area (Å²) in [6, 6.07) is 14.5. The number of carboxylic acids is 1. The molecule has 0 unspecified atom stereocenters. The zero-order chi connectivity index (χ0) is 22.4. The molecule has 11 heteroatoms. The van der Waals surface area contributed by atoms with Crippen LogP contribution >= 0.6 is 0 Å². The Morgan fingerprint density at radius 3 is 2.00 bits per heavy atom. The summed E-state index contributed by atoms with van der Waals surface area (Å²) < 4.78 is 4.34. The van der Waals surface area contributed by atoms with Gasteiger partial charge in [0.1, 0.15) is 23.9 Å². The van der Waals surface area contributed by atoms with E-state index in [2.05, 4.69) is 4.74 Å². The molecule has 160 valence electrons. The van der Waals surface area contributed by atoms with E-state index in [4.69, 9.17) is 25.5 Å². The minimum atomic E-state index is -1.81. The van der Waals surface area contributed by atoms with Crippen LogP contribution in [0.1, 0.15) is 15.9 Å². The largest absolute Gasteiger partial charge is 0.479 e. The van der Waals surface area contributed by atoms with Crippen molar-refractivity contribution in [3.05, 3.63) is 75.8 Å². The van der Waals surface area contributed by atoms with E-state index in [1.807, 2.05) is 0 Å². The van der Waals surface area contributed by atoms with Crippen molar-refractivity contribution >= 4 is 17.4 Å². The zero-order valence-corrected chi connectivity index (χ0v) is 15.3. The van der Waals surface area contributed by atoms with Crippen molar-refractivity contribution in [2.24, 2.45) is 0 Å². The summed E-state index contributed by atoms with van der Waals surface area (Å²) >= 11 is 0. The van der Waals surface area contributed by atoms with E-state index in [1.54, 1.807) is 42.5 Å². The molecule has 11 nitrogen and oxygen atoms in total. The zero-order valence-electron chi connectivity index (χ0n) is 15.3. The molecule has 1 aliphatic rings. The summed E-state index contributed by atoms with van der Waals surface area (Å²) in [5.41, 5.74) is 0.395. The Kier molecular flexibility index (Phi) is 7.69. The van der Waals surface area contributed by atoms with Crippen molar-refractivity contribution in [3.63, 3.8) is 0 Å². The smallest absolute Gasteiger partial charge is 0.335 e. The Morgan fingerprint density at radius 1 is 0.867 bits per heavy atom. The van der Waals surface area contributed by atoms with Crippen LogP contribution in [0.25, 0.3) is 0 Å². The number of aliphatic hydroxyl groups excluding tert-OH is 4. The SMILES string of the molecule is O=C(O)[C@H]1O[C@@H](O)[C@H](O)[C@@H](O)[C@@H]1O.O=C(c1ccccc1)c1ccccc1[N+](=O)[O-]. The lowest BCUT2D eigenvalue weighted by Crippen LogP contribution is -2.59. The lowest BCUT2D eigenvalue weighted by molar-refractivity contribution is -0.385. The number of aliphatic hydroxyl groups is 4. The van der Waals surface area contributed by atoms with E-state index in [0.717, 1.165) is 0 Å². The Labute approximate surface area is 169 Å². The number of benzene rings is 2. The van der Waals surface area contributed by atoms with Gasteiger partial charge in [0, 0.05) is 11.6 Å².